The van der Waals surface area contributed by atoms with E-state index >= 15 is 0 Å². The number of hydrogen-bond acceptors (Lipinski definition) is 2. The monoisotopic (exact) mass is 246 g/mol. The number of benzene rings is 1. The molecule has 17 heavy (non-hydrogen) atoms. The van der Waals surface area contributed by atoms with Crippen molar-refractivity contribution in [3.05, 3.63) is 45.8 Å². The fourth-order valence-corrected chi connectivity index (χ4v) is 2.75. The fraction of sp³-hybridized carbons (Fsp3) is 0.214. The number of rotatable bonds is 2. The lowest BCUT2D eigenvalue weighted by Crippen LogP contribution is -1.89. The highest BCUT2D eigenvalue weighted by atomic mass is 32.1. The topological polar surface area (TPSA) is 37.3 Å². The van der Waals surface area contributed by atoms with Gasteiger partial charge in [0.05, 0.1) is 0 Å². The van der Waals surface area contributed by atoms with Gasteiger partial charge in [-0.15, -0.1) is 11.3 Å². The highest BCUT2D eigenvalue weighted by Gasteiger charge is 2.10. The van der Waals surface area contributed by atoms with Gasteiger partial charge in [-0.05, 0) is 55.2 Å². The van der Waals surface area contributed by atoms with Crippen LogP contribution in [0, 0.1) is 20.8 Å². The van der Waals surface area contributed by atoms with E-state index in [1.807, 2.05) is 6.07 Å². The first-order valence-corrected chi connectivity index (χ1v) is 6.22. The van der Waals surface area contributed by atoms with Crippen molar-refractivity contribution in [3.63, 3.8) is 0 Å². The lowest BCUT2D eigenvalue weighted by atomic mass is 10.00. The Morgan fingerprint density at radius 1 is 1.06 bits per heavy atom. The molecule has 88 valence electrons. The van der Waals surface area contributed by atoms with Gasteiger partial charge >= 0.3 is 5.97 Å². The zero-order chi connectivity index (χ0) is 12.6. The third-order valence-electron chi connectivity index (χ3n) is 2.92. The van der Waals surface area contributed by atoms with Crippen LogP contribution in [-0.4, -0.2) is 11.1 Å². The van der Waals surface area contributed by atoms with Gasteiger partial charge in [0.2, 0.25) is 0 Å². The van der Waals surface area contributed by atoms with Gasteiger partial charge in [0.15, 0.2) is 0 Å². The Morgan fingerprint density at radius 2 is 1.71 bits per heavy atom. The van der Waals surface area contributed by atoms with E-state index < -0.39 is 5.97 Å². The van der Waals surface area contributed by atoms with Crippen LogP contribution in [0.4, 0.5) is 0 Å². The molecule has 1 aromatic heterocycles. The van der Waals surface area contributed by atoms with Crippen LogP contribution in [0.5, 0.6) is 0 Å². The highest BCUT2D eigenvalue weighted by Crippen LogP contribution is 2.32. The van der Waals surface area contributed by atoms with Crippen LogP contribution in [0.25, 0.3) is 10.4 Å². The normalized spacial score (nSPS) is 10.5. The van der Waals surface area contributed by atoms with Crippen molar-refractivity contribution in [2.75, 3.05) is 0 Å². The molecule has 1 N–H and O–H groups in total. The van der Waals surface area contributed by atoms with Gasteiger partial charge < -0.3 is 5.11 Å². The Labute approximate surface area is 105 Å². The second kappa shape index (κ2) is 4.34. The molecule has 0 saturated carbocycles. The third-order valence-corrected chi connectivity index (χ3v) is 4.03. The highest BCUT2D eigenvalue weighted by molar-refractivity contribution is 7.17. The van der Waals surface area contributed by atoms with E-state index in [2.05, 4.69) is 32.9 Å². The molecular formula is C14H14O2S. The van der Waals surface area contributed by atoms with E-state index in [-0.39, 0.29) is 0 Å². The van der Waals surface area contributed by atoms with Gasteiger partial charge in [-0.25, -0.2) is 4.79 Å². The molecule has 2 aromatic rings. The number of thiophene rings is 1. The second-order valence-electron chi connectivity index (χ2n) is 4.22. The van der Waals surface area contributed by atoms with Gasteiger partial charge in [-0.3, -0.25) is 0 Å². The summed E-state index contributed by atoms with van der Waals surface area (Å²) < 4.78 is 0. The number of aromatic carboxylic acids is 1. The van der Waals surface area contributed by atoms with Crippen molar-refractivity contribution in [2.45, 2.75) is 20.8 Å². The summed E-state index contributed by atoms with van der Waals surface area (Å²) in [6, 6.07) is 7.81. The van der Waals surface area contributed by atoms with Crippen LogP contribution in [0.15, 0.2) is 24.3 Å². The van der Waals surface area contributed by atoms with E-state index in [1.165, 1.54) is 28.0 Å². The van der Waals surface area contributed by atoms with E-state index in [1.54, 1.807) is 6.07 Å². The van der Waals surface area contributed by atoms with E-state index in [9.17, 15) is 4.79 Å². The summed E-state index contributed by atoms with van der Waals surface area (Å²) in [6.07, 6.45) is 0. The molecule has 0 fully saturated rings. The Bertz CT molecular complexity index is 582. The summed E-state index contributed by atoms with van der Waals surface area (Å²) in [6.45, 7) is 6.22. The maximum atomic E-state index is 10.9. The molecule has 2 rings (SSSR count). The zero-order valence-electron chi connectivity index (χ0n) is 10.1. The number of aryl methyl sites for hydroxylation is 3. The molecule has 0 bridgehead atoms. The minimum atomic E-state index is -0.859. The molecule has 0 aliphatic carbocycles. The molecule has 0 unspecified atom stereocenters. The predicted molar refractivity (Wildman–Crippen MR) is 70.9 cm³/mol. The molecule has 3 heteroatoms. The van der Waals surface area contributed by atoms with Crippen LogP contribution >= 0.6 is 11.3 Å². The summed E-state index contributed by atoms with van der Waals surface area (Å²) in [7, 11) is 0. The predicted octanol–water partition coefficient (Wildman–Crippen LogP) is 4.04. The van der Waals surface area contributed by atoms with Crippen molar-refractivity contribution in [1.82, 2.24) is 0 Å². The molecular weight excluding hydrogens is 232 g/mol. The Balaban J connectivity index is 2.52. The van der Waals surface area contributed by atoms with Crippen molar-refractivity contribution in [3.8, 4) is 10.4 Å². The van der Waals surface area contributed by atoms with Crippen molar-refractivity contribution < 1.29 is 9.90 Å². The zero-order valence-corrected chi connectivity index (χ0v) is 10.9. The summed E-state index contributed by atoms with van der Waals surface area (Å²) in [4.78, 5) is 12.3. The van der Waals surface area contributed by atoms with Gasteiger partial charge in [-0.2, -0.15) is 0 Å². The first-order chi connectivity index (χ1) is 7.99. The number of hydrogen-bond donors (Lipinski definition) is 1. The maximum Gasteiger partial charge on any atom is 0.345 e. The SMILES string of the molecule is Cc1cc(C)c(-c2ccc(C(=O)O)s2)cc1C. The molecule has 0 aliphatic heterocycles. The molecule has 1 aromatic carbocycles. The van der Waals surface area contributed by atoms with E-state index in [0.29, 0.717) is 4.88 Å². The van der Waals surface area contributed by atoms with Crippen LogP contribution in [0.3, 0.4) is 0 Å². The first kappa shape index (κ1) is 11.9. The molecule has 1 heterocycles. The number of carbonyl (C=O) groups is 1. The average Bonchev–Trinajstić information content (AvgIpc) is 2.72. The quantitative estimate of drug-likeness (QED) is 0.868. The van der Waals surface area contributed by atoms with Crippen molar-refractivity contribution in [2.24, 2.45) is 0 Å². The van der Waals surface area contributed by atoms with Crippen molar-refractivity contribution in [1.29, 1.82) is 0 Å². The van der Waals surface area contributed by atoms with Crippen molar-refractivity contribution >= 4 is 17.3 Å². The average molecular weight is 246 g/mol. The summed E-state index contributed by atoms with van der Waals surface area (Å²) in [5.41, 5.74) is 4.81. The van der Waals surface area contributed by atoms with Crippen LogP contribution < -0.4 is 0 Å². The second-order valence-corrected chi connectivity index (χ2v) is 5.30. The summed E-state index contributed by atoms with van der Waals surface area (Å²) >= 11 is 1.32. The standard InChI is InChI=1S/C14H14O2S/c1-8-6-10(3)11(7-9(8)2)12-4-5-13(17-12)14(15)16/h4-7H,1-3H3,(H,15,16). The minimum absolute atomic E-state index is 0.387. The molecule has 0 saturated heterocycles. The third kappa shape index (κ3) is 2.24. The smallest absolute Gasteiger partial charge is 0.345 e. The number of carboxylic acids is 1. The number of carboxylic acid groups (broad SMARTS) is 1. The van der Waals surface area contributed by atoms with Gasteiger partial charge in [0.25, 0.3) is 0 Å². The van der Waals surface area contributed by atoms with E-state index in [4.69, 9.17) is 5.11 Å². The first-order valence-electron chi connectivity index (χ1n) is 5.40. The molecule has 2 nitrogen and oxygen atoms in total. The summed E-state index contributed by atoms with van der Waals surface area (Å²) in [5, 5.41) is 8.92. The largest absolute Gasteiger partial charge is 0.477 e. The van der Waals surface area contributed by atoms with Crippen LogP contribution in [0.1, 0.15) is 26.4 Å². The van der Waals surface area contributed by atoms with Gasteiger partial charge in [-0.1, -0.05) is 12.1 Å². The molecule has 0 aliphatic rings. The Hall–Kier alpha value is -1.61. The van der Waals surface area contributed by atoms with Gasteiger partial charge in [0, 0.05) is 4.88 Å². The Morgan fingerprint density at radius 3 is 2.29 bits per heavy atom. The molecule has 0 amide bonds. The van der Waals surface area contributed by atoms with Gasteiger partial charge in [0.1, 0.15) is 4.88 Å². The molecule has 0 atom stereocenters. The fourth-order valence-electron chi connectivity index (χ4n) is 1.82. The van der Waals surface area contributed by atoms with Crippen LogP contribution in [-0.2, 0) is 0 Å². The van der Waals surface area contributed by atoms with E-state index in [0.717, 1.165) is 10.4 Å². The Kier molecular flexibility index (Phi) is 3.03. The minimum Gasteiger partial charge on any atom is -0.477 e. The lowest BCUT2D eigenvalue weighted by molar-refractivity contribution is 0.0702. The molecule has 0 spiro atoms. The maximum absolute atomic E-state index is 10.9. The lowest BCUT2D eigenvalue weighted by Gasteiger charge is -2.07. The summed E-state index contributed by atoms with van der Waals surface area (Å²) in [5.74, 6) is -0.859. The van der Waals surface area contributed by atoms with Crippen LogP contribution in [0.2, 0.25) is 0 Å². The molecule has 0 radical (unpaired) electrons.